The van der Waals surface area contributed by atoms with E-state index in [1.54, 1.807) is 27.4 Å². The molecule has 0 radical (unpaired) electrons. The molecule has 116 valence electrons. The number of Topliss-reactive ketones (excluding diaryl/α,β-unsaturated/α-hetero) is 1. The molecule has 1 atom stereocenters. The largest absolute Gasteiger partial charge is 0.496 e. The molecule has 5 heteroatoms. The molecule has 0 aromatic heterocycles. The zero-order chi connectivity index (χ0) is 15.6. The lowest BCUT2D eigenvalue weighted by Gasteiger charge is -2.19. The summed E-state index contributed by atoms with van der Waals surface area (Å²) >= 11 is 0. The zero-order valence-electron chi connectivity index (χ0n) is 13.2. The maximum absolute atomic E-state index is 12.6. The van der Waals surface area contributed by atoms with Crippen LogP contribution in [0.2, 0.25) is 0 Å². The number of hydrogen-bond acceptors (Lipinski definition) is 5. The molecule has 1 saturated heterocycles. The van der Waals surface area contributed by atoms with Gasteiger partial charge in [-0.25, -0.2) is 0 Å². The minimum atomic E-state index is -0.130. The number of carbonyl (C=O) groups is 1. The average Bonchev–Trinajstić information content (AvgIpc) is 3.28. The highest BCUT2D eigenvalue weighted by atomic mass is 16.6. The fraction of sp³-hybridized carbons (Fsp3) is 0.562. The number of rotatable bonds is 7. The highest BCUT2D eigenvalue weighted by molar-refractivity contribution is 6.01. The molecule has 1 aromatic rings. The molecule has 0 N–H and O–H groups in total. The predicted molar refractivity (Wildman–Crippen MR) is 78.6 cm³/mol. The Balaban J connectivity index is 2.62. The van der Waals surface area contributed by atoms with Crippen LogP contribution >= 0.6 is 0 Å². The van der Waals surface area contributed by atoms with E-state index < -0.39 is 0 Å². The molecule has 0 saturated carbocycles. The van der Waals surface area contributed by atoms with Crippen molar-refractivity contribution in [2.45, 2.75) is 26.4 Å². The van der Waals surface area contributed by atoms with E-state index >= 15 is 0 Å². The summed E-state index contributed by atoms with van der Waals surface area (Å²) in [4.78, 5) is 12.6. The van der Waals surface area contributed by atoms with Gasteiger partial charge in [0.2, 0.25) is 0 Å². The molecule has 1 fully saturated rings. The number of benzene rings is 1. The fourth-order valence-electron chi connectivity index (χ4n) is 2.44. The van der Waals surface area contributed by atoms with Crippen LogP contribution in [0.5, 0.6) is 17.2 Å². The van der Waals surface area contributed by atoms with Crippen molar-refractivity contribution in [3.05, 3.63) is 17.2 Å². The van der Waals surface area contributed by atoms with Gasteiger partial charge >= 0.3 is 0 Å². The molecule has 0 amide bonds. The first kappa shape index (κ1) is 15.6. The van der Waals surface area contributed by atoms with Crippen molar-refractivity contribution in [2.24, 2.45) is 5.92 Å². The lowest BCUT2D eigenvalue weighted by Crippen LogP contribution is -2.11. The van der Waals surface area contributed by atoms with Crippen molar-refractivity contribution in [2.75, 3.05) is 27.9 Å². The van der Waals surface area contributed by atoms with Crippen LogP contribution in [0.15, 0.2) is 6.07 Å². The minimum Gasteiger partial charge on any atom is -0.496 e. The fourth-order valence-corrected chi connectivity index (χ4v) is 2.44. The van der Waals surface area contributed by atoms with Gasteiger partial charge in [0.05, 0.1) is 33.5 Å². The molecule has 0 spiro atoms. The Hall–Kier alpha value is -1.75. The van der Waals surface area contributed by atoms with E-state index in [1.165, 1.54) is 0 Å². The molecule has 1 aliphatic heterocycles. The quantitative estimate of drug-likeness (QED) is 0.571. The molecule has 0 bridgehead atoms. The Morgan fingerprint density at radius 2 is 1.86 bits per heavy atom. The molecule has 0 unspecified atom stereocenters. The molecule has 1 aliphatic rings. The average molecular weight is 294 g/mol. The summed E-state index contributed by atoms with van der Waals surface area (Å²) < 4.78 is 21.6. The van der Waals surface area contributed by atoms with E-state index in [0.29, 0.717) is 35.8 Å². The number of carbonyl (C=O) groups excluding carboxylic acids is 1. The number of ether oxygens (including phenoxy) is 4. The summed E-state index contributed by atoms with van der Waals surface area (Å²) in [6.07, 6.45) is 0.320. The van der Waals surface area contributed by atoms with Crippen LogP contribution in [0.4, 0.5) is 0 Å². The third-order valence-corrected chi connectivity index (χ3v) is 3.42. The smallest absolute Gasteiger partial charge is 0.167 e. The van der Waals surface area contributed by atoms with Crippen molar-refractivity contribution in [1.29, 1.82) is 0 Å². The highest BCUT2D eigenvalue weighted by Gasteiger charge is 2.36. The molecule has 1 aromatic carbocycles. The Bertz CT molecular complexity index is 532. The second-order valence-electron chi connectivity index (χ2n) is 5.45. The molecule has 2 rings (SSSR count). The Morgan fingerprint density at radius 3 is 2.29 bits per heavy atom. The van der Waals surface area contributed by atoms with Crippen molar-refractivity contribution < 1.29 is 23.7 Å². The Morgan fingerprint density at radius 1 is 1.24 bits per heavy atom. The first-order valence-corrected chi connectivity index (χ1v) is 7.01. The van der Waals surface area contributed by atoms with Crippen molar-refractivity contribution in [1.82, 2.24) is 0 Å². The van der Waals surface area contributed by atoms with E-state index in [0.717, 1.165) is 5.56 Å². The molecular weight excluding hydrogens is 272 g/mol. The van der Waals surface area contributed by atoms with Gasteiger partial charge < -0.3 is 18.9 Å². The van der Waals surface area contributed by atoms with Gasteiger partial charge in [-0.05, 0) is 5.92 Å². The first-order chi connectivity index (χ1) is 10.0. The van der Waals surface area contributed by atoms with E-state index in [4.69, 9.17) is 18.9 Å². The maximum atomic E-state index is 12.6. The lowest BCUT2D eigenvalue weighted by molar-refractivity contribution is 0.0962. The van der Waals surface area contributed by atoms with Crippen molar-refractivity contribution >= 4 is 5.78 Å². The normalized spacial score (nSPS) is 16.8. The SMILES string of the molecule is COc1cc(OC)c(C(=O)CC(C)C)c([C@@H]2CO2)c1OC. The number of epoxide rings is 1. The van der Waals surface area contributed by atoms with Crippen LogP contribution in [-0.4, -0.2) is 33.7 Å². The van der Waals surface area contributed by atoms with Crippen LogP contribution in [0.25, 0.3) is 0 Å². The summed E-state index contributed by atoms with van der Waals surface area (Å²) in [6, 6.07) is 1.69. The summed E-state index contributed by atoms with van der Waals surface area (Å²) in [5, 5.41) is 0. The topological polar surface area (TPSA) is 57.3 Å². The second kappa shape index (κ2) is 6.35. The lowest BCUT2D eigenvalue weighted by atomic mass is 9.93. The molecule has 0 aliphatic carbocycles. The highest BCUT2D eigenvalue weighted by Crippen LogP contribution is 2.47. The van der Waals surface area contributed by atoms with Gasteiger partial charge in [0.1, 0.15) is 11.9 Å². The van der Waals surface area contributed by atoms with Gasteiger partial charge in [-0.2, -0.15) is 0 Å². The Labute approximate surface area is 125 Å². The zero-order valence-corrected chi connectivity index (χ0v) is 13.2. The minimum absolute atomic E-state index is 0.0355. The Kier molecular flexibility index (Phi) is 4.73. The molecule has 1 heterocycles. The van der Waals surface area contributed by atoms with Gasteiger partial charge in [0.25, 0.3) is 0 Å². The first-order valence-electron chi connectivity index (χ1n) is 7.01. The molecule has 5 nitrogen and oxygen atoms in total. The molecular formula is C16H22O5. The molecule has 21 heavy (non-hydrogen) atoms. The summed E-state index contributed by atoms with van der Waals surface area (Å²) in [7, 11) is 4.67. The summed E-state index contributed by atoms with van der Waals surface area (Å²) in [5.74, 6) is 1.90. The van der Waals surface area contributed by atoms with Gasteiger partial charge in [0.15, 0.2) is 17.3 Å². The third-order valence-electron chi connectivity index (χ3n) is 3.42. The van der Waals surface area contributed by atoms with Gasteiger partial charge in [0, 0.05) is 18.1 Å². The van der Waals surface area contributed by atoms with Crippen LogP contribution in [0.3, 0.4) is 0 Å². The second-order valence-corrected chi connectivity index (χ2v) is 5.45. The monoisotopic (exact) mass is 294 g/mol. The van der Waals surface area contributed by atoms with Crippen molar-refractivity contribution in [3.63, 3.8) is 0 Å². The van der Waals surface area contributed by atoms with Crippen LogP contribution < -0.4 is 14.2 Å². The summed E-state index contributed by atoms with van der Waals surface area (Å²) in [5.41, 5.74) is 1.28. The van der Waals surface area contributed by atoms with E-state index in [2.05, 4.69) is 0 Å². The van der Waals surface area contributed by atoms with Crippen molar-refractivity contribution in [3.8, 4) is 17.2 Å². The van der Waals surface area contributed by atoms with Crippen LogP contribution in [0.1, 0.15) is 42.3 Å². The number of methoxy groups -OCH3 is 3. The van der Waals surface area contributed by atoms with E-state index in [9.17, 15) is 4.79 Å². The van der Waals surface area contributed by atoms with Gasteiger partial charge in [-0.3, -0.25) is 4.79 Å². The standard InChI is InChI=1S/C16H22O5/c1-9(2)6-10(17)14-11(18-3)7-12(19-4)16(20-5)15(14)13-8-21-13/h7,9,13H,6,8H2,1-5H3/t13-/m0/s1. The third kappa shape index (κ3) is 3.13. The van der Waals surface area contributed by atoms with E-state index in [-0.39, 0.29) is 17.8 Å². The summed E-state index contributed by atoms with van der Waals surface area (Å²) in [6.45, 7) is 4.60. The predicted octanol–water partition coefficient (Wildman–Crippen LogP) is 3.01. The van der Waals surface area contributed by atoms with Gasteiger partial charge in [-0.15, -0.1) is 0 Å². The maximum Gasteiger partial charge on any atom is 0.167 e. The number of ketones is 1. The van der Waals surface area contributed by atoms with Gasteiger partial charge in [-0.1, -0.05) is 13.8 Å². The van der Waals surface area contributed by atoms with E-state index in [1.807, 2.05) is 13.8 Å². The van der Waals surface area contributed by atoms with Crippen LogP contribution in [-0.2, 0) is 4.74 Å². The van der Waals surface area contributed by atoms with Crippen LogP contribution in [0, 0.1) is 5.92 Å². The number of hydrogen-bond donors (Lipinski definition) is 0.